The van der Waals surface area contributed by atoms with E-state index in [1.807, 2.05) is 12.1 Å². The summed E-state index contributed by atoms with van der Waals surface area (Å²) in [6.45, 7) is 4.96. The highest BCUT2D eigenvalue weighted by Crippen LogP contribution is 2.30. The van der Waals surface area contributed by atoms with Crippen LogP contribution in [-0.4, -0.2) is 4.57 Å². The lowest BCUT2D eigenvalue weighted by atomic mass is 10.2. The van der Waals surface area contributed by atoms with Crippen LogP contribution in [0.3, 0.4) is 0 Å². The molecule has 0 atom stereocenters. The van der Waals surface area contributed by atoms with Gasteiger partial charge in [0.15, 0.2) is 0 Å². The lowest BCUT2D eigenvalue weighted by molar-refractivity contribution is 0.837. The van der Waals surface area contributed by atoms with E-state index in [2.05, 4.69) is 36.8 Å². The van der Waals surface area contributed by atoms with Gasteiger partial charge in [-0.05, 0) is 37.6 Å². The van der Waals surface area contributed by atoms with Crippen LogP contribution in [0, 0.1) is 13.8 Å². The normalized spacial score (nSPS) is 10.7. The predicted octanol–water partition coefficient (Wildman–Crippen LogP) is 4.56. The van der Waals surface area contributed by atoms with Crippen LogP contribution in [0.2, 0.25) is 10.0 Å². The Kier molecular flexibility index (Phi) is 3.88. The van der Waals surface area contributed by atoms with E-state index in [0.29, 0.717) is 10.0 Å². The number of benzene rings is 1. The summed E-state index contributed by atoms with van der Waals surface area (Å²) in [5, 5.41) is 4.47. The molecule has 2 rings (SSSR count). The molecule has 96 valence electrons. The Bertz CT molecular complexity index is 573. The van der Waals surface area contributed by atoms with E-state index in [1.54, 1.807) is 6.07 Å². The van der Waals surface area contributed by atoms with Crippen molar-refractivity contribution >= 4 is 28.9 Å². The molecule has 18 heavy (non-hydrogen) atoms. The topological polar surface area (TPSA) is 17.0 Å². The van der Waals surface area contributed by atoms with Gasteiger partial charge in [0, 0.05) is 25.0 Å². The lowest BCUT2D eigenvalue weighted by Gasteiger charge is -2.09. The maximum Gasteiger partial charge on any atom is 0.0823 e. The van der Waals surface area contributed by atoms with Crippen molar-refractivity contribution in [2.45, 2.75) is 20.4 Å². The molecule has 0 amide bonds. The minimum absolute atomic E-state index is 0.572. The van der Waals surface area contributed by atoms with Crippen LogP contribution in [0.25, 0.3) is 0 Å². The molecule has 0 radical (unpaired) electrons. The third-order valence-corrected chi connectivity index (χ3v) is 4.12. The van der Waals surface area contributed by atoms with E-state index in [-0.39, 0.29) is 0 Å². The van der Waals surface area contributed by atoms with Gasteiger partial charge in [0.05, 0.1) is 15.7 Å². The lowest BCUT2D eigenvalue weighted by Crippen LogP contribution is -2.02. The van der Waals surface area contributed by atoms with Gasteiger partial charge in [0.1, 0.15) is 0 Å². The fourth-order valence-electron chi connectivity index (χ4n) is 1.94. The summed E-state index contributed by atoms with van der Waals surface area (Å²) in [4.78, 5) is 0. The maximum absolute atomic E-state index is 6.14. The molecule has 0 spiro atoms. The standard InChI is InChI=1S/C14H16Cl2N2/c1-9-7-11(10(2)18(9)3)8-17-13-6-4-5-12(15)14(13)16/h4-7,17H,8H2,1-3H3. The van der Waals surface area contributed by atoms with Crippen LogP contribution >= 0.6 is 23.2 Å². The number of nitrogens with zero attached hydrogens (tertiary/aromatic N) is 1. The van der Waals surface area contributed by atoms with Crippen molar-refractivity contribution in [1.82, 2.24) is 4.57 Å². The molecule has 1 aromatic carbocycles. The highest BCUT2D eigenvalue weighted by Gasteiger charge is 2.08. The first-order chi connectivity index (χ1) is 8.50. The summed E-state index contributed by atoms with van der Waals surface area (Å²) in [5.74, 6) is 0. The third-order valence-electron chi connectivity index (χ3n) is 3.30. The van der Waals surface area contributed by atoms with Gasteiger partial charge < -0.3 is 9.88 Å². The number of aromatic nitrogens is 1. The minimum Gasteiger partial charge on any atom is -0.380 e. The summed E-state index contributed by atoms with van der Waals surface area (Å²) in [6.07, 6.45) is 0. The van der Waals surface area contributed by atoms with Crippen LogP contribution in [0.5, 0.6) is 0 Å². The van der Waals surface area contributed by atoms with Gasteiger partial charge in [0.2, 0.25) is 0 Å². The molecular weight excluding hydrogens is 267 g/mol. The zero-order valence-corrected chi connectivity index (χ0v) is 12.2. The first kappa shape index (κ1) is 13.3. The number of aryl methyl sites for hydroxylation is 1. The van der Waals surface area contributed by atoms with E-state index in [4.69, 9.17) is 23.2 Å². The molecule has 0 saturated heterocycles. The van der Waals surface area contributed by atoms with Crippen molar-refractivity contribution in [3.63, 3.8) is 0 Å². The Balaban J connectivity index is 2.16. The van der Waals surface area contributed by atoms with Crippen molar-refractivity contribution in [2.75, 3.05) is 5.32 Å². The number of nitrogens with one attached hydrogen (secondary N) is 1. The summed E-state index contributed by atoms with van der Waals surface area (Å²) in [6, 6.07) is 7.78. The first-order valence-electron chi connectivity index (χ1n) is 5.80. The Hall–Kier alpha value is -1.12. The minimum atomic E-state index is 0.572. The second-order valence-corrected chi connectivity index (χ2v) is 5.20. The Morgan fingerprint density at radius 3 is 2.56 bits per heavy atom. The monoisotopic (exact) mass is 282 g/mol. The SMILES string of the molecule is Cc1cc(CNc2cccc(Cl)c2Cl)c(C)n1C. The third kappa shape index (κ3) is 2.50. The van der Waals surface area contributed by atoms with E-state index in [9.17, 15) is 0 Å². The highest BCUT2D eigenvalue weighted by atomic mass is 35.5. The maximum atomic E-state index is 6.14. The molecule has 0 aliphatic rings. The van der Waals surface area contributed by atoms with Crippen LogP contribution < -0.4 is 5.32 Å². The summed E-state index contributed by atoms with van der Waals surface area (Å²) in [5.41, 5.74) is 4.65. The number of halogens is 2. The van der Waals surface area contributed by atoms with Crippen molar-refractivity contribution in [2.24, 2.45) is 7.05 Å². The molecule has 1 N–H and O–H groups in total. The molecule has 0 aliphatic heterocycles. The zero-order valence-electron chi connectivity index (χ0n) is 10.7. The van der Waals surface area contributed by atoms with Crippen LogP contribution in [0.1, 0.15) is 17.0 Å². The average Bonchev–Trinajstić information content (AvgIpc) is 2.59. The summed E-state index contributed by atoms with van der Waals surface area (Å²) < 4.78 is 2.18. The van der Waals surface area contributed by atoms with E-state index in [1.165, 1.54) is 17.0 Å². The van der Waals surface area contributed by atoms with Crippen LogP contribution in [0.4, 0.5) is 5.69 Å². The number of rotatable bonds is 3. The Morgan fingerprint density at radius 1 is 1.22 bits per heavy atom. The van der Waals surface area contributed by atoms with Crippen molar-refractivity contribution < 1.29 is 0 Å². The molecule has 2 aromatic rings. The molecule has 1 heterocycles. The number of hydrogen-bond acceptors (Lipinski definition) is 1. The molecule has 0 saturated carbocycles. The molecule has 0 unspecified atom stereocenters. The van der Waals surface area contributed by atoms with Gasteiger partial charge in [-0.3, -0.25) is 0 Å². The molecule has 0 fully saturated rings. The van der Waals surface area contributed by atoms with Gasteiger partial charge in [0.25, 0.3) is 0 Å². The Morgan fingerprint density at radius 2 is 1.94 bits per heavy atom. The summed E-state index contributed by atoms with van der Waals surface area (Å²) in [7, 11) is 2.07. The van der Waals surface area contributed by atoms with Crippen molar-refractivity contribution in [1.29, 1.82) is 0 Å². The van der Waals surface area contributed by atoms with Crippen LogP contribution in [-0.2, 0) is 13.6 Å². The quantitative estimate of drug-likeness (QED) is 0.873. The molecule has 2 nitrogen and oxygen atoms in total. The first-order valence-corrected chi connectivity index (χ1v) is 6.56. The number of hydrogen-bond donors (Lipinski definition) is 1. The smallest absolute Gasteiger partial charge is 0.0823 e. The van der Waals surface area contributed by atoms with Gasteiger partial charge in [-0.15, -0.1) is 0 Å². The van der Waals surface area contributed by atoms with Crippen LogP contribution in [0.15, 0.2) is 24.3 Å². The van der Waals surface area contributed by atoms with E-state index in [0.717, 1.165) is 12.2 Å². The van der Waals surface area contributed by atoms with Crippen molar-refractivity contribution in [3.05, 3.63) is 51.3 Å². The van der Waals surface area contributed by atoms with Gasteiger partial charge in [-0.25, -0.2) is 0 Å². The fraction of sp³-hybridized carbons (Fsp3) is 0.286. The highest BCUT2D eigenvalue weighted by molar-refractivity contribution is 6.43. The Labute approximate surface area is 118 Å². The molecule has 0 bridgehead atoms. The van der Waals surface area contributed by atoms with Crippen molar-refractivity contribution in [3.8, 4) is 0 Å². The summed E-state index contributed by atoms with van der Waals surface area (Å²) >= 11 is 12.1. The average molecular weight is 283 g/mol. The van der Waals surface area contributed by atoms with Gasteiger partial charge >= 0.3 is 0 Å². The molecule has 0 aliphatic carbocycles. The van der Waals surface area contributed by atoms with Gasteiger partial charge in [-0.1, -0.05) is 29.3 Å². The zero-order chi connectivity index (χ0) is 13.3. The molecule has 4 heteroatoms. The molecule has 1 aromatic heterocycles. The molecular formula is C14H16Cl2N2. The fourth-order valence-corrected chi connectivity index (χ4v) is 2.31. The second-order valence-electron chi connectivity index (χ2n) is 4.41. The second kappa shape index (κ2) is 5.25. The largest absolute Gasteiger partial charge is 0.380 e. The predicted molar refractivity (Wildman–Crippen MR) is 78.7 cm³/mol. The van der Waals surface area contributed by atoms with E-state index < -0.39 is 0 Å². The van der Waals surface area contributed by atoms with Gasteiger partial charge in [-0.2, -0.15) is 0 Å². The van der Waals surface area contributed by atoms with E-state index >= 15 is 0 Å². The number of anilines is 1.